The van der Waals surface area contributed by atoms with Crippen molar-refractivity contribution in [3.63, 3.8) is 0 Å². The number of nitrogens with zero attached hydrogens (tertiary/aromatic N) is 2. The van der Waals surface area contributed by atoms with E-state index in [9.17, 15) is 9.59 Å². The Bertz CT molecular complexity index is 1260. The zero-order valence-corrected chi connectivity index (χ0v) is 17.6. The number of carbonyl (C=O) groups is 2. The summed E-state index contributed by atoms with van der Waals surface area (Å²) in [5.41, 5.74) is 6.00. The zero-order valence-electron chi connectivity index (χ0n) is 17.6. The topological polar surface area (TPSA) is 73.2 Å². The van der Waals surface area contributed by atoms with Gasteiger partial charge in [0.2, 0.25) is 0 Å². The number of nitrogens with one attached hydrogen (secondary N) is 1. The van der Waals surface area contributed by atoms with Crippen molar-refractivity contribution in [1.29, 1.82) is 5.26 Å². The van der Waals surface area contributed by atoms with Crippen LogP contribution in [0.3, 0.4) is 0 Å². The standard InChI is InChI=1S/C26H21N3O2/c1-16-5-10-20(11-6-16)23-24(28-22-14-17(2)4-7-18(22)3)26(31)29(25(23)30)21-12-8-19(15-27)9-13-21/h4-14,28H,1-3H3. The van der Waals surface area contributed by atoms with E-state index in [1.54, 1.807) is 24.3 Å². The molecule has 5 heteroatoms. The molecule has 0 aromatic heterocycles. The minimum Gasteiger partial charge on any atom is -0.350 e. The maximum Gasteiger partial charge on any atom is 0.282 e. The first-order valence-corrected chi connectivity index (χ1v) is 9.93. The van der Waals surface area contributed by atoms with Gasteiger partial charge >= 0.3 is 0 Å². The molecule has 0 atom stereocenters. The van der Waals surface area contributed by atoms with Crippen LogP contribution in [0.1, 0.15) is 27.8 Å². The zero-order chi connectivity index (χ0) is 22.1. The highest BCUT2D eigenvalue weighted by molar-refractivity contribution is 6.46. The molecule has 1 heterocycles. The smallest absolute Gasteiger partial charge is 0.282 e. The van der Waals surface area contributed by atoms with Crippen LogP contribution in [0.15, 0.2) is 72.4 Å². The van der Waals surface area contributed by atoms with Gasteiger partial charge in [-0.1, -0.05) is 42.0 Å². The molecule has 31 heavy (non-hydrogen) atoms. The summed E-state index contributed by atoms with van der Waals surface area (Å²) in [6.07, 6.45) is 0. The summed E-state index contributed by atoms with van der Waals surface area (Å²) in [4.78, 5) is 28.0. The highest BCUT2D eigenvalue weighted by atomic mass is 16.2. The Labute approximate surface area is 181 Å². The predicted molar refractivity (Wildman–Crippen MR) is 121 cm³/mol. The molecule has 152 valence electrons. The molecule has 0 fully saturated rings. The summed E-state index contributed by atoms with van der Waals surface area (Å²) >= 11 is 0. The number of benzene rings is 3. The molecule has 3 aromatic carbocycles. The van der Waals surface area contributed by atoms with Gasteiger partial charge in [-0.2, -0.15) is 5.26 Å². The summed E-state index contributed by atoms with van der Waals surface area (Å²) in [6, 6.07) is 21.9. The molecule has 0 bridgehead atoms. The van der Waals surface area contributed by atoms with Gasteiger partial charge in [0.05, 0.1) is 22.9 Å². The van der Waals surface area contributed by atoms with Crippen molar-refractivity contribution in [2.24, 2.45) is 0 Å². The van der Waals surface area contributed by atoms with E-state index in [1.807, 2.05) is 69.3 Å². The summed E-state index contributed by atoms with van der Waals surface area (Å²) in [7, 11) is 0. The van der Waals surface area contributed by atoms with Crippen LogP contribution >= 0.6 is 0 Å². The third-order valence-corrected chi connectivity index (χ3v) is 5.33. The number of carbonyl (C=O) groups excluding carboxylic acids is 2. The third kappa shape index (κ3) is 3.72. The molecule has 3 aromatic rings. The molecular formula is C26H21N3O2. The second-order valence-corrected chi connectivity index (χ2v) is 7.66. The summed E-state index contributed by atoms with van der Waals surface area (Å²) in [5, 5.41) is 12.3. The van der Waals surface area contributed by atoms with Gasteiger partial charge in [-0.3, -0.25) is 9.59 Å². The first-order valence-electron chi connectivity index (χ1n) is 9.93. The van der Waals surface area contributed by atoms with Crippen LogP contribution in [0.2, 0.25) is 0 Å². The molecule has 5 nitrogen and oxygen atoms in total. The Balaban J connectivity index is 1.83. The van der Waals surface area contributed by atoms with Crippen LogP contribution in [0, 0.1) is 32.1 Å². The molecule has 0 unspecified atom stereocenters. The van der Waals surface area contributed by atoms with Gasteiger partial charge in [0.15, 0.2) is 0 Å². The average Bonchev–Trinajstić information content (AvgIpc) is 3.01. The van der Waals surface area contributed by atoms with E-state index in [4.69, 9.17) is 5.26 Å². The molecule has 0 aliphatic carbocycles. The number of imide groups is 1. The van der Waals surface area contributed by atoms with Gasteiger partial charge in [0, 0.05) is 5.69 Å². The fourth-order valence-electron chi connectivity index (χ4n) is 3.56. The fourth-order valence-corrected chi connectivity index (χ4v) is 3.56. The molecule has 1 aliphatic heterocycles. The molecule has 4 rings (SSSR count). The van der Waals surface area contributed by atoms with E-state index in [2.05, 4.69) is 5.32 Å². The van der Waals surface area contributed by atoms with Gasteiger partial charge in [-0.15, -0.1) is 0 Å². The highest BCUT2D eigenvalue weighted by Gasteiger charge is 2.40. The van der Waals surface area contributed by atoms with E-state index < -0.39 is 11.8 Å². The average molecular weight is 407 g/mol. The lowest BCUT2D eigenvalue weighted by molar-refractivity contribution is -0.120. The molecule has 1 aliphatic rings. The number of amides is 2. The van der Waals surface area contributed by atoms with Crippen LogP contribution in [0.5, 0.6) is 0 Å². The van der Waals surface area contributed by atoms with Crippen LogP contribution < -0.4 is 10.2 Å². The SMILES string of the molecule is Cc1ccc(C2=C(Nc3cc(C)ccc3C)C(=O)N(c3ccc(C#N)cc3)C2=O)cc1. The summed E-state index contributed by atoms with van der Waals surface area (Å²) in [5.74, 6) is -0.822. The molecule has 0 spiro atoms. The van der Waals surface area contributed by atoms with Crippen molar-refractivity contribution in [1.82, 2.24) is 0 Å². The Hall–Kier alpha value is -4.17. The van der Waals surface area contributed by atoms with Crippen molar-refractivity contribution in [3.05, 3.63) is 100 Å². The second-order valence-electron chi connectivity index (χ2n) is 7.66. The first kappa shape index (κ1) is 20.1. The summed E-state index contributed by atoms with van der Waals surface area (Å²) in [6.45, 7) is 5.90. The fraction of sp³-hybridized carbons (Fsp3) is 0.115. The van der Waals surface area contributed by atoms with Gasteiger partial charge in [0.25, 0.3) is 11.8 Å². The Kier molecular flexibility index (Phi) is 5.14. The first-order chi connectivity index (χ1) is 14.9. The van der Waals surface area contributed by atoms with Gasteiger partial charge in [0.1, 0.15) is 5.70 Å². The van der Waals surface area contributed by atoms with Crippen LogP contribution in [0.25, 0.3) is 5.57 Å². The Morgan fingerprint density at radius 3 is 2.10 bits per heavy atom. The van der Waals surface area contributed by atoms with Crippen LogP contribution in [-0.2, 0) is 9.59 Å². The van der Waals surface area contributed by atoms with Crippen molar-refractivity contribution in [2.45, 2.75) is 20.8 Å². The lowest BCUT2D eigenvalue weighted by atomic mass is 10.0. The second kappa shape index (κ2) is 7.92. The monoisotopic (exact) mass is 407 g/mol. The molecule has 0 saturated carbocycles. The van der Waals surface area contributed by atoms with E-state index >= 15 is 0 Å². The highest BCUT2D eigenvalue weighted by Crippen LogP contribution is 2.34. The number of hydrogen-bond donors (Lipinski definition) is 1. The van der Waals surface area contributed by atoms with E-state index in [0.717, 1.165) is 27.3 Å². The van der Waals surface area contributed by atoms with E-state index in [-0.39, 0.29) is 5.70 Å². The number of rotatable bonds is 4. The Morgan fingerprint density at radius 1 is 0.806 bits per heavy atom. The number of nitriles is 1. The molecule has 0 saturated heterocycles. The lowest BCUT2D eigenvalue weighted by Crippen LogP contribution is -2.32. The van der Waals surface area contributed by atoms with Crippen molar-refractivity contribution in [3.8, 4) is 6.07 Å². The van der Waals surface area contributed by atoms with Crippen molar-refractivity contribution < 1.29 is 9.59 Å². The van der Waals surface area contributed by atoms with Crippen molar-refractivity contribution in [2.75, 3.05) is 10.2 Å². The maximum absolute atomic E-state index is 13.5. The number of hydrogen-bond acceptors (Lipinski definition) is 4. The minimum absolute atomic E-state index is 0.243. The van der Waals surface area contributed by atoms with E-state index in [0.29, 0.717) is 22.4 Å². The Morgan fingerprint density at radius 2 is 1.45 bits per heavy atom. The number of anilines is 2. The largest absolute Gasteiger partial charge is 0.350 e. The quantitative estimate of drug-likeness (QED) is 0.626. The predicted octanol–water partition coefficient (Wildman–Crippen LogP) is 4.88. The summed E-state index contributed by atoms with van der Waals surface area (Å²) < 4.78 is 0. The van der Waals surface area contributed by atoms with Gasteiger partial charge in [-0.05, 0) is 67.8 Å². The van der Waals surface area contributed by atoms with Crippen LogP contribution in [-0.4, -0.2) is 11.8 Å². The molecular weight excluding hydrogens is 386 g/mol. The molecule has 1 N–H and O–H groups in total. The van der Waals surface area contributed by atoms with Crippen LogP contribution in [0.4, 0.5) is 11.4 Å². The van der Waals surface area contributed by atoms with Gasteiger partial charge < -0.3 is 5.32 Å². The molecule has 0 radical (unpaired) electrons. The normalized spacial score (nSPS) is 13.5. The third-order valence-electron chi connectivity index (χ3n) is 5.33. The minimum atomic E-state index is -0.425. The van der Waals surface area contributed by atoms with E-state index in [1.165, 1.54) is 0 Å². The maximum atomic E-state index is 13.5. The van der Waals surface area contributed by atoms with Crippen molar-refractivity contribution >= 4 is 28.8 Å². The molecule has 2 amide bonds. The van der Waals surface area contributed by atoms with Gasteiger partial charge in [-0.25, -0.2) is 4.90 Å². The number of aryl methyl sites for hydroxylation is 3. The lowest BCUT2D eigenvalue weighted by Gasteiger charge is -2.16.